The third-order valence-corrected chi connectivity index (χ3v) is 2.88. The zero-order valence-electron chi connectivity index (χ0n) is 9.23. The van der Waals surface area contributed by atoms with Crippen LogP contribution < -0.4 is 4.90 Å². The lowest BCUT2D eigenvalue weighted by molar-refractivity contribution is -0.153. The lowest BCUT2D eigenvalue weighted by atomic mass is 9.80. The van der Waals surface area contributed by atoms with Crippen LogP contribution in [0.3, 0.4) is 0 Å². The van der Waals surface area contributed by atoms with Crippen molar-refractivity contribution in [2.45, 2.75) is 20.1 Å². The average molecular weight is 205 g/mol. The summed E-state index contributed by atoms with van der Waals surface area (Å²) >= 11 is 0. The smallest absolute Gasteiger partial charge is 0.239 e. The van der Waals surface area contributed by atoms with Crippen LogP contribution in [0, 0.1) is 5.41 Å². The number of methoxy groups -OCH3 is 1. The van der Waals surface area contributed by atoms with Crippen LogP contribution in [0.2, 0.25) is 0 Å². The van der Waals surface area contributed by atoms with E-state index in [2.05, 4.69) is 0 Å². The van der Waals surface area contributed by atoms with E-state index in [9.17, 15) is 4.79 Å². The van der Waals surface area contributed by atoms with Gasteiger partial charge in [0.15, 0.2) is 0 Å². The minimum absolute atomic E-state index is 0.112. The van der Waals surface area contributed by atoms with Gasteiger partial charge < -0.3 is 4.74 Å². The summed E-state index contributed by atoms with van der Waals surface area (Å²) in [6.45, 7) is 3.81. The van der Waals surface area contributed by atoms with E-state index >= 15 is 0 Å². The van der Waals surface area contributed by atoms with E-state index in [1.165, 1.54) is 0 Å². The van der Waals surface area contributed by atoms with Crippen LogP contribution in [-0.4, -0.2) is 19.2 Å². The molecule has 0 bridgehead atoms. The van der Waals surface area contributed by atoms with E-state index in [0.717, 1.165) is 5.69 Å². The van der Waals surface area contributed by atoms with Crippen molar-refractivity contribution < 1.29 is 9.53 Å². The fourth-order valence-corrected chi connectivity index (χ4v) is 2.02. The molecule has 3 heteroatoms. The van der Waals surface area contributed by atoms with Gasteiger partial charge in [0.1, 0.15) is 6.23 Å². The van der Waals surface area contributed by atoms with Gasteiger partial charge in [-0.2, -0.15) is 0 Å². The Kier molecular flexibility index (Phi) is 2.27. The van der Waals surface area contributed by atoms with Crippen molar-refractivity contribution in [1.29, 1.82) is 0 Å². The third kappa shape index (κ3) is 1.35. The molecule has 0 aliphatic carbocycles. The maximum atomic E-state index is 11.9. The molecule has 0 radical (unpaired) electrons. The normalized spacial score (nSPS) is 23.8. The summed E-state index contributed by atoms with van der Waals surface area (Å²) < 4.78 is 5.34. The van der Waals surface area contributed by atoms with Gasteiger partial charge in [0, 0.05) is 12.8 Å². The minimum Gasteiger partial charge on any atom is -0.360 e. The number of carbonyl (C=O) groups is 1. The number of amides is 1. The summed E-state index contributed by atoms with van der Waals surface area (Å²) in [5.41, 5.74) is 0.485. The van der Waals surface area contributed by atoms with Crippen molar-refractivity contribution in [3.05, 3.63) is 30.3 Å². The van der Waals surface area contributed by atoms with Crippen molar-refractivity contribution in [2.75, 3.05) is 12.0 Å². The second-order valence-corrected chi connectivity index (χ2v) is 4.32. The van der Waals surface area contributed by atoms with Crippen LogP contribution in [0.1, 0.15) is 13.8 Å². The van der Waals surface area contributed by atoms with Crippen LogP contribution in [0.15, 0.2) is 30.3 Å². The second kappa shape index (κ2) is 3.35. The van der Waals surface area contributed by atoms with E-state index < -0.39 is 5.41 Å². The van der Waals surface area contributed by atoms with Gasteiger partial charge in [0.25, 0.3) is 0 Å². The summed E-state index contributed by atoms with van der Waals surface area (Å²) in [5.74, 6) is 0.112. The van der Waals surface area contributed by atoms with Crippen LogP contribution >= 0.6 is 0 Å². The number of anilines is 1. The van der Waals surface area contributed by atoms with Crippen LogP contribution in [0.5, 0.6) is 0 Å². The summed E-state index contributed by atoms with van der Waals surface area (Å²) in [7, 11) is 1.63. The van der Waals surface area contributed by atoms with E-state index in [0.29, 0.717) is 0 Å². The highest BCUT2D eigenvalue weighted by molar-refractivity contribution is 6.04. The Hall–Kier alpha value is -1.35. The highest BCUT2D eigenvalue weighted by Gasteiger charge is 2.55. The molecule has 1 amide bonds. The molecular formula is C12H15NO2. The van der Waals surface area contributed by atoms with Gasteiger partial charge in [-0.15, -0.1) is 0 Å². The quantitative estimate of drug-likeness (QED) is 0.691. The van der Waals surface area contributed by atoms with Crippen molar-refractivity contribution in [3.8, 4) is 0 Å². The Morgan fingerprint density at radius 3 is 2.40 bits per heavy atom. The Bertz CT molecular complexity index is 372. The van der Waals surface area contributed by atoms with Crippen molar-refractivity contribution in [3.63, 3.8) is 0 Å². The number of hydrogen-bond donors (Lipinski definition) is 0. The zero-order valence-corrected chi connectivity index (χ0v) is 9.23. The lowest BCUT2D eigenvalue weighted by Gasteiger charge is -2.51. The Labute approximate surface area is 89.7 Å². The van der Waals surface area contributed by atoms with E-state index in [4.69, 9.17) is 4.74 Å². The van der Waals surface area contributed by atoms with Crippen molar-refractivity contribution >= 4 is 11.6 Å². The molecule has 1 heterocycles. The summed E-state index contributed by atoms with van der Waals surface area (Å²) in [6, 6.07) is 9.60. The number of hydrogen-bond acceptors (Lipinski definition) is 2. The Balaban J connectivity index is 2.29. The molecule has 15 heavy (non-hydrogen) atoms. The molecule has 0 aromatic heterocycles. The number of rotatable bonds is 2. The molecule has 2 rings (SSSR count). The first-order chi connectivity index (χ1) is 7.09. The molecule has 0 N–H and O–H groups in total. The van der Waals surface area contributed by atoms with Crippen LogP contribution in [0.25, 0.3) is 0 Å². The molecule has 80 valence electrons. The van der Waals surface area contributed by atoms with Crippen LogP contribution in [0.4, 0.5) is 5.69 Å². The van der Waals surface area contributed by atoms with Crippen LogP contribution in [-0.2, 0) is 9.53 Å². The minimum atomic E-state index is -0.412. The number of ether oxygens (including phenoxy) is 1. The van der Waals surface area contributed by atoms with Gasteiger partial charge in [-0.25, -0.2) is 0 Å². The Morgan fingerprint density at radius 1 is 1.27 bits per heavy atom. The third-order valence-electron chi connectivity index (χ3n) is 2.88. The van der Waals surface area contributed by atoms with Gasteiger partial charge in [0.05, 0.1) is 5.41 Å². The first-order valence-electron chi connectivity index (χ1n) is 5.00. The fourth-order valence-electron chi connectivity index (χ4n) is 2.02. The molecular weight excluding hydrogens is 190 g/mol. The first-order valence-corrected chi connectivity index (χ1v) is 5.00. The van der Waals surface area contributed by atoms with E-state index in [1.807, 2.05) is 44.2 Å². The molecule has 1 aromatic rings. The molecule has 1 saturated heterocycles. The standard InChI is InChI=1S/C12H15NO2/c1-12(2)10(14)13(11(12)15-3)9-7-5-4-6-8-9/h4-8,11H,1-3H3. The zero-order chi connectivity index (χ0) is 11.1. The first kappa shape index (κ1) is 10.2. The molecule has 1 atom stereocenters. The molecule has 0 saturated carbocycles. The predicted octanol–water partition coefficient (Wildman–Crippen LogP) is 2.03. The average Bonchev–Trinajstić information content (AvgIpc) is 2.25. The fraction of sp³-hybridized carbons (Fsp3) is 0.417. The predicted molar refractivity (Wildman–Crippen MR) is 58.5 cm³/mol. The van der Waals surface area contributed by atoms with Gasteiger partial charge >= 0.3 is 0 Å². The number of β-lactam (4-membered cyclic amide) rings is 1. The lowest BCUT2D eigenvalue weighted by Crippen LogP contribution is -2.67. The maximum Gasteiger partial charge on any atom is 0.239 e. The molecule has 1 aromatic carbocycles. The second-order valence-electron chi connectivity index (χ2n) is 4.32. The topological polar surface area (TPSA) is 29.5 Å². The monoisotopic (exact) mass is 205 g/mol. The van der Waals surface area contributed by atoms with Gasteiger partial charge in [0.2, 0.25) is 5.91 Å². The molecule has 3 nitrogen and oxygen atoms in total. The highest BCUT2D eigenvalue weighted by Crippen LogP contribution is 2.41. The molecule has 0 spiro atoms. The Morgan fingerprint density at radius 2 is 1.87 bits per heavy atom. The summed E-state index contributed by atoms with van der Waals surface area (Å²) in [4.78, 5) is 13.6. The summed E-state index contributed by atoms with van der Waals surface area (Å²) in [5, 5.41) is 0. The molecule has 1 fully saturated rings. The number of nitrogens with zero attached hydrogens (tertiary/aromatic N) is 1. The summed E-state index contributed by atoms with van der Waals surface area (Å²) in [6.07, 6.45) is -0.160. The van der Waals surface area contributed by atoms with Crippen molar-refractivity contribution in [2.24, 2.45) is 5.41 Å². The molecule has 1 unspecified atom stereocenters. The van der Waals surface area contributed by atoms with E-state index in [1.54, 1.807) is 12.0 Å². The van der Waals surface area contributed by atoms with Gasteiger partial charge in [-0.3, -0.25) is 9.69 Å². The molecule has 1 aliphatic rings. The van der Waals surface area contributed by atoms with E-state index in [-0.39, 0.29) is 12.1 Å². The number of para-hydroxylation sites is 1. The number of benzene rings is 1. The van der Waals surface area contributed by atoms with Gasteiger partial charge in [-0.1, -0.05) is 18.2 Å². The van der Waals surface area contributed by atoms with Crippen molar-refractivity contribution in [1.82, 2.24) is 0 Å². The molecule has 1 aliphatic heterocycles. The largest absolute Gasteiger partial charge is 0.360 e. The highest BCUT2D eigenvalue weighted by atomic mass is 16.5. The maximum absolute atomic E-state index is 11.9. The van der Waals surface area contributed by atoms with Gasteiger partial charge in [-0.05, 0) is 26.0 Å². The SMILES string of the molecule is COC1N(c2ccccc2)C(=O)C1(C)C. The number of carbonyl (C=O) groups excluding carboxylic acids is 1.